The lowest BCUT2D eigenvalue weighted by Gasteiger charge is -2.06. The summed E-state index contributed by atoms with van der Waals surface area (Å²) in [5.74, 6) is 1.42. The molecule has 0 saturated heterocycles. The number of rotatable bonds is 3. The van der Waals surface area contributed by atoms with Gasteiger partial charge in [0.25, 0.3) is 0 Å². The van der Waals surface area contributed by atoms with E-state index in [0.717, 1.165) is 6.20 Å². The molecule has 5 nitrogen and oxygen atoms in total. The van der Waals surface area contributed by atoms with Crippen LogP contribution in [0.25, 0.3) is 0 Å². The molecule has 0 amide bonds. The molecule has 0 bridgehead atoms. The van der Waals surface area contributed by atoms with E-state index in [1.807, 2.05) is 0 Å². The van der Waals surface area contributed by atoms with Crippen molar-refractivity contribution in [1.82, 2.24) is 9.97 Å². The lowest BCUT2D eigenvalue weighted by Crippen LogP contribution is -2.10. The zero-order valence-electron chi connectivity index (χ0n) is 7.47. The monoisotopic (exact) mass is 192 g/mol. The van der Waals surface area contributed by atoms with Crippen molar-refractivity contribution in [2.45, 2.75) is 13.0 Å². The highest BCUT2D eigenvalue weighted by atomic mass is 16.5. The first-order valence-electron chi connectivity index (χ1n) is 3.81. The van der Waals surface area contributed by atoms with Crippen molar-refractivity contribution in [2.24, 2.45) is 0 Å². The zero-order valence-corrected chi connectivity index (χ0v) is 7.47. The molecule has 0 aliphatic heterocycles. The molecule has 0 fully saturated rings. The number of carboxylic acids is 1. The maximum Gasteiger partial charge on any atom is 0.356 e. The fourth-order valence-electron chi connectivity index (χ4n) is 0.703. The molecule has 0 unspecified atom stereocenters. The zero-order chi connectivity index (χ0) is 10.6. The Labute approximate surface area is 80.8 Å². The van der Waals surface area contributed by atoms with Crippen molar-refractivity contribution in [1.29, 1.82) is 0 Å². The summed E-state index contributed by atoms with van der Waals surface area (Å²) >= 11 is 0. The van der Waals surface area contributed by atoms with Gasteiger partial charge in [-0.25, -0.2) is 14.8 Å². The molecular formula is C9H8N2O3. The fourth-order valence-corrected chi connectivity index (χ4v) is 0.703. The smallest absolute Gasteiger partial charge is 0.356 e. The van der Waals surface area contributed by atoms with Crippen LogP contribution in [0.4, 0.5) is 0 Å². The van der Waals surface area contributed by atoms with Gasteiger partial charge in [0.05, 0.1) is 12.4 Å². The standard InChI is InChI=1S/C9H8N2O3/c1-3-6(2)14-8-5-10-7(4-11-8)9(12)13/h1,4-6H,2H3,(H,12,13)/t6-/m0/s1. The SMILES string of the molecule is C#C[C@H](C)Oc1cnc(C(=O)O)cn1. The van der Waals surface area contributed by atoms with Crippen molar-refractivity contribution in [2.75, 3.05) is 0 Å². The Balaban J connectivity index is 2.75. The lowest BCUT2D eigenvalue weighted by molar-refractivity contribution is 0.0689. The molecular weight excluding hydrogens is 184 g/mol. The number of carbonyl (C=O) groups is 1. The molecule has 1 aromatic heterocycles. The van der Waals surface area contributed by atoms with Gasteiger partial charge in [-0.15, -0.1) is 6.42 Å². The van der Waals surface area contributed by atoms with Gasteiger partial charge in [0, 0.05) is 0 Å². The maximum absolute atomic E-state index is 10.4. The van der Waals surface area contributed by atoms with Gasteiger partial charge in [0.15, 0.2) is 11.8 Å². The third kappa shape index (κ3) is 2.45. The number of nitrogens with zero attached hydrogens (tertiary/aromatic N) is 2. The van der Waals surface area contributed by atoms with E-state index in [-0.39, 0.29) is 11.6 Å². The second-order valence-corrected chi connectivity index (χ2v) is 2.47. The van der Waals surface area contributed by atoms with Crippen LogP contribution in [0, 0.1) is 12.3 Å². The first kappa shape index (κ1) is 9.99. The highest BCUT2D eigenvalue weighted by Gasteiger charge is 2.06. The van der Waals surface area contributed by atoms with Crippen molar-refractivity contribution in [3.8, 4) is 18.2 Å². The van der Waals surface area contributed by atoms with Crippen LogP contribution in [-0.2, 0) is 0 Å². The van der Waals surface area contributed by atoms with Gasteiger partial charge in [-0.1, -0.05) is 5.92 Å². The summed E-state index contributed by atoms with van der Waals surface area (Å²) in [5.41, 5.74) is -0.134. The predicted octanol–water partition coefficient (Wildman–Crippen LogP) is 0.575. The van der Waals surface area contributed by atoms with Crippen molar-refractivity contribution >= 4 is 5.97 Å². The topological polar surface area (TPSA) is 72.3 Å². The molecule has 1 heterocycles. The van der Waals surface area contributed by atoms with E-state index >= 15 is 0 Å². The molecule has 1 atom stereocenters. The average Bonchev–Trinajstić information content (AvgIpc) is 2.18. The largest absolute Gasteiger partial charge is 0.476 e. The molecule has 0 saturated carbocycles. The maximum atomic E-state index is 10.4. The number of ether oxygens (including phenoxy) is 1. The number of hydrogen-bond donors (Lipinski definition) is 1. The number of aromatic carboxylic acids is 1. The van der Waals surface area contributed by atoms with Crippen LogP contribution < -0.4 is 4.74 Å². The van der Waals surface area contributed by atoms with Crippen LogP contribution in [0.3, 0.4) is 0 Å². The van der Waals surface area contributed by atoms with E-state index in [4.69, 9.17) is 16.3 Å². The van der Waals surface area contributed by atoms with Crippen LogP contribution >= 0.6 is 0 Å². The van der Waals surface area contributed by atoms with E-state index in [0.29, 0.717) is 0 Å². The van der Waals surface area contributed by atoms with Crippen molar-refractivity contribution < 1.29 is 14.6 Å². The summed E-state index contributed by atoms with van der Waals surface area (Å²) in [6, 6.07) is 0. The second-order valence-electron chi connectivity index (χ2n) is 2.47. The Morgan fingerprint density at radius 2 is 2.36 bits per heavy atom. The molecule has 0 radical (unpaired) electrons. The number of terminal acetylenes is 1. The summed E-state index contributed by atoms with van der Waals surface area (Å²) in [6.07, 6.45) is 7.00. The molecule has 0 aliphatic rings. The predicted molar refractivity (Wildman–Crippen MR) is 47.9 cm³/mol. The molecule has 0 spiro atoms. The number of hydrogen-bond acceptors (Lipinski definition) is 4. The van der Waals surface area contributed by atoms with Gasteiger partial charge >= 0.3 is 5.97 Å². The van der Waals surface area contributed by atoms with Gasteiger partial charge in [-0.3, -0.25) is 0 Å². The minimum Gasteiger partial charge on any atom is -0.476 e. The van der Waals surface area contributed by atoms with E-state index in [1.165, 1.54) is 6.20 Å². The summed E-state index contributed by atoms with van der Waals surface area (Å²) in [6.45, 7) is 1.67. The van der Waals surface area contributed by atoms with E-state index in [1.54, 1.807) is 6.92 Å². The van der Waals surface area contributed by atoms with Gasteiger partial charge < -0.3 is 9.84 Å². The third-order valence-electron chi connectivity index (χ3n) is 1.38. The molecule has 1 N–H and O–H groups in total. The van der Waals surface area contributed by atoms with Crippen LogP contribution in [0.1, 0.15) is 17.4 Å². The second kappa shape index (κ2) is 4.23. The summed E-state index contributed by atoms with van der Waals surface area (Å²) in [4.78, 5) is 17.8. The fraction of sp³-hybridized carbons (Fsp3) is 0.222. The Morgan fingerprint density at radius 1 is 1.64 bits per heavy atom. The van der Waals surface area contributed by atoms with Crippen LogP contribution in [0.2, 0.25) is 0 Å². The Morgan fingerprint density at radius 3 is 2.79 bits per heavy atom. The van der Waals surface area contributed by atoms with Crippen LogP contribution in [-0.4, -0.2) is 27.1 Å². The molecule has 1 aromatic rings. The molecule has 0 aromatic carbocycles. The first-order chi connectivity index (χ1) is 6.63. The summed E-state index contributed by atoms with van der Waals surface area (Å²) < 4.78 is 5.10. The van der Waals surface area contributed by atoms with E-state index in [9.17, 15) is 4.79 Å². The van der Waals surface area contributed by atoms with Gasteiger partial charge in [0.1, 0.15) is 0 Å². The lowest BCUT2D eigenvalue weighted by atomic mass is 10.4. The molecule has 5 heteroatoms. The molecule has 1 rings (SSSR count). The summed E-state index contributed by atoms with van der Waals surface area (Å²) in [7, 11) is 0. The quantitative estimate of drug-likeness (QED) is 0.709. The Hall–Kier alpha value is -2.09. The minimum atomic E-state index is -1.13. The number of carboxylic acid groups (broad SMARTS) is 1. The van der Waals surface area contributed by atoms with Gasteiger partial charge in [0.2, 0.25) is 5.88 Å². The molecule has 0 aliphatic carbocycles. The minimum absolute atomic E-state index is 0.134. The van der Waals surface area contributed by atoms with Gasteiger partial charge in [-0.2, -0.15) is 0 Å². The number of aromatic nitrogens is 2. The van der Waals surface area contributed by atoms with Crippen molar-refractivity contribution in [3.63, 3.8) is 0 Å². The average molecular weight is 192 g/mol. The van der Waals surface area contributed by atoms with E-state index < -0.39 is 12.1 Å². The van der Waals surface area contributed by atoms with Crippen LogP contribution in [0.5, 0.6) is 5.88 Å². The highest BCUT2D eigenvalue weighted by molar-refractivity contribution is 5.84. The highest BCUT2D eigenvalue weighted by Crippen LogP contribution is 2.06. The third-order valence-corrected chi connectivity index (χ3v) is 1.38. The summed E-state index contributed by atoms with van der Waals surface area (Å²) in [5, 5.41) is 8.53. The Bertz CT molecular complexity index is 367. The van der Waals surface area contributed by atoms with Crippen molar-refractivity contribution in [3.05, 3.63) is 18.1 Å². The van der Waals surface area contributed by atoms with Crippen LogP contribution in [0.15, 0.2) is 12.4 Å². The normalized spacial score (nSPS) is 11.4. The molecule has 72 valence electrons. The first-order valence-corrected chi connectivity index (χ1v) is 3.81. The van der Waals surface area contributed by atoms with Gasteiger partial charge in [-0.05, 0) is 6.92 Å². The molecule has 14 heavy (non-hydrogen) atoms. The Kier molecular flexibility index (Phi) is 3.02. The van der Waals surface area contributed by atoms with E-state index in [2.05, 4.69) is 15.9 Å².